The maximum Gasteiger partial charge on any atom is 0.419 e. The molecule has 0 aliphatic carbocycles. The number of hydrogen-bond acceptors (Lipinski definition) is 5. The van der Waals surface area contributed by atoms with Gasteiger partial charge in [-0.3, -0.25) is 4.79 Å². The summed E-state index contributed by atoms with van der Waals surface area (Å²) < 4.78 is 52.8. The lowest BCUT2D eigenvalue weighted by atomic mass is 10.1. The van der Waals surface area contributed by atoms with Crippen LogP contribution in [-0.2, 0) is 17.4 Å². The predicted molar refractivity (Wildman–Crippen MR) is 114 cm³/mol. The lowest BCUT2D eigenvalue weighted by molar-refractivity contribution is -0.140. The lowest BCUT2D eigenvalue weighted by Gasteiger charge is -2.34. The van der Waals surface area contributed by atoms with Crippen molar-refractivity contribution in [2.45, 2.75) is 58.2 Å². The number of aromatic nitrogens is 2. The number of piperidine rings is 1. The number of nitrogens with zero attached hydrogens (tertiary/aromatic N) is 3. The minimum atomic E-state index is -4.80. The van der Waals surface area contributed by atoms with Gasteiger partial charge in [-0.25, -0.2) is 9.37 Å². The van der Waals surface area contributed by atoms with Crippen molar-refractivity contribution in [2.24, 2.45) is 0 Å². The van der Waals surface area contributed by atoms with Gasteiger partial charge < -0.3 is 15.5 Å². The first-order valence-corrected chi connectivity index (χ1v) is 10.7. The highest BCUT2D eigenvalue weighted by molar-refractivity contribution is 5.73. The van der Waals surface area contributed by atoms with Crippen LogP contribution in [0.3, 0.4) is 0 Å². The highest BCUT2D eigenvalue weighted by Crippen LogP contribution is 2.33. The average Bonchev–Trinajstić information content (AvgIpc) is 2.72. The third-order valence-electron chi connectivity index (χ3n) is 5.23. The van der Waals surface area contributed by atoms with E-state index in [1.54, 1.807) is 0 Å². The molecule has 32 heavy (non-hydrogen) atoms. The summed E-state index contributed by atoms with van der Waals surface area (Å²) in [7, 11) is 0. The van der Waals surface area contributed by atoms with Crippen LogP contribution in [0.15, 0.2) is 24.3 Å². The zero-order valence-electron chi connectivity index (χ0n) is 18.1. The number of anilines is 3. The Morgan fingerprint density at radius 2 is 2.03 bits per heavy atom. The molecule has 2 heterocycles. The summed E-state index contributed by atoms with van der Waals surface area (Å²) in [4.78, 5) is 22.4. The van der Waals surface area contributed by atoms with Gasteiger partial charge in [-0.1, -0.05) is 13.3 Å². The second-order valence-corrected chi connectivity index (χ2v) is 7.95. The molecule has 1 aliphatic rings. The van der Waals surface area contributed by atoms with Gasteiger partial charge >= 0.3 is 6.18 Å². The fraction of sp³-hybridized carbons (Fsp3) is 0.500. The van der Waals surface area contributed by atoms with E-state index >= 15 is 0 Å². The number of amides is 1. The maximum absolute atomic E-state index is 13.6. The van der Waals surface area contributed by atoms with Crippen LogP contribution in [0, 0.1) is 5.82 Å². The summed E-state index contributed by atoms with van der Waals surface area (Å²) >= 11 is 0. The van der Waals surface area contributed by atoms with Gasteiger partial charge in [-0.15, -0.1) is 0 Å². The Kier molecular flexibility index (Phi) is 7.52. The van der Waals surface area contributed by atoms with Crippen molar-refractivity contribution in [3.8, 4) is 0 Å². The van der Waals surface area contributed by atoms with Gasteiger partial charge in [0, 0.05) is 43.5 Å². The van der Waals surface area contributed by atoms with Gasteiger partial charge in [0.2, 0.25) is 11.9 Å². The summed E-state index contributed by atoms with van der Waals surface area (Å²) in [5, 5.41) is 5.73. The number of carbonyl (C=O) groups is 1. The molecule has 1 amide bonds. The Morgan fingerprint density at radius 1 is 1.25 bits per heavy atom. The Bertz CT molecular complexity index is 950. The van der Waals surface area contributed by atoms with E-state index in [1.807, 2.05) is 11.0 Å². The molecule has 1 aromatic carbocycles. The third-order valence-corrected chi connectivity index (χ3v) is 5.23. The zero-order chi connectivity index (χ0) is 23.3. The van der Waals surface area contributed by atoms with E-state index in [9.17, 15) is 22.4 Å². The number of carbonyl (C=O) groups excluding carboxylic acids is 1. The Hall–Kier alpha value is -2.91. The molecule has 2 N–H and O–H groups in total. The van der Waals surface area contributed by atoms with E-state index in [0.29, 0.717) is 24.8 Å². The molecular formula is C22H27F4N5O. The molecule has 1 unspecified atom stereocenters. The first-order chi connectivity index (χ1) is 15.2. The summed E-state index contributed by atoms with van der Waals surface area (Å²) in [6.45, 7) is 4.86. The van der Waals surface area contributed by atoms with Crippen molar-refractivity contribution in [1.29, 1.82) is 0 Å². The molecule has 0 saturated carbocycles. The molecule has 0 radical (unpaired) electrons. The van der Waals surface area contributed by atoms with Gasteiger partial charge in [-0.2, -0.15) is 18.2 Å². The van der Waals surface area contributed by atoms with Crippen LogP contribution < -0.4 is 15.5 Å². The quantitative estimate of drug-likeness (QED) is 0.588. The van der Waals surface area contributed by atoms with Crippen molar-refractivity contribution in [3.05, 3.63) is 41.3 Å². The maximum atomic E-state index is 13.6. The molecule has 1 aliphatic heterocycles. The molecule has 0 spiro atoms. The van der Waals surface area contributed by atoms with Crippen molar-refractivity contribution in [1.82, 2.24) is 15.3 Å². The van der Waals surface area contributed by atoms with E-state index in [0.717, 1.165) is 44.0 Å². The van der Waals surface area contributed by atoms with Crippen molar-refractivity contribution >= 4 is 23.4 Å². The Labute approximate surface area is 184 Å². The van der Waals surface area contributed by atoms with Crippen LogP contribution in [0.1, 0.15) is 50.8 Å². The average molecular weight is 453 g/mol. The Morgan fingerprint density at radius 3 is 2.72 bits per heavy atom. The highest BCUT2D eigenvalue weighted by Gasteiger charge is 2.34. The van der Waals surface area contributed by atoms with Gasteiger partial charge in [0.25, 0.3) is 0 Å². The topological polar surface area (TPSA) is 70.2 Å². The number of unbranched alkanes of at least 4 members (excludes halogenated alkanes) is 1. The smallest absolute Gasteiger partial charge is 0.354 e. The minimum Gasteiger partial charge on any atom is -0.354 e. The number of halogens is 4. The van der Waals surface area contributed by atoms with Crippen molar-refractivity contribution in [3.63, 3.8) is 0 Å². The van der Waals surface area contributed by atoms with Crippen LogP contribution in [0.5, 0.6) is 0 Å². The van der Waals surface area contributed by atoms with E-state index in [4.69, 9.17) is 0 Å². The number of benzene rings is 1. The largest absolute Gasteiger partial charge is 0.419 e. The molecule has 2 aromatic rings. The number of aryl methyl sites for hydroxylation is 1. The first kappa shape index (κ1) is 23.7. The van der Waals surface area contributed by atoms with E-state index < -0.39 is 17.6 Å². The van der Waals surface area contributed by atoms with E-state index in [1.165, 1.54) is 13.0 Å². The lowest BCUT2D eigenvalue weighted by Crippen LogP contribution is -2.47. The predicted octanol–water partition coefficient (Wildman–Crippen LogP) is 4.83. The van der Waals surface area contributed by atoms with Crippen LogP contribution in [0.25, 0.3) is 0 Å². The number of hydrogen-bond donors (Lipinski definition) is 2. The molecule has 0 bridgehead atoms. The summed E-state index contributed by atoms with van der Waals surface area (Å²) in [6.07, 6.45) is -0.508. The highest BCUT2D eigenvalue weighted by atomic mass is 19.4. The van der Waals surface area contributed by atoms with Gasteiger partial charge in [0.1, 0.15) is 11.6 Å². The number of nitrogens with one attached hydrogen (secondary N) is 2. The standard InChI is InChI=1S/C22H27F4N5O/c1-3-4-6-15-12-20(31-10-5-7-17(13-31)27-14(2)32)30-21(28-15)29-16-8-9-19(23)18(11-16)22(24,25)26/h8-9,11-12,17H,3-7,10,13H2,1-2H3,(H,27,32)(H,28,29,30). The van der Waals surface area contributed by atoms with Crippen LogP contribution in [0.2, 0.25) is 0 Å². The Balaban J connectivity index is 1.88. The summed E-state index contributed by atoms with van der Waals surface area (Å²) in [6, 6.07) is 4.58. The monoisotopic (exact) mass is 453 g/mol. The number of alkyl halides is 3. The van der Waals surface area contributed by atoms with E-state index in [-0.39, 0.29) is 23.6 Å². The van der Waals surface area contributed by atoms with Crippen LogP contribution in [0.4, 0.5) is 35.0 Å². The second kappa shape index (κ2) is 10.1. The van der Waals surface area contributed by atoms with Crippen molar-refractivity contribution in [2.75, 3.05) is 23.3 Å². The van der Waals surface area contributed by atoms with Gasteiger partial charge in [0.05, 0.1) is 5.56 Å². The summed E-state index contributed by atoms with van der Waals surface area (Å²) in [5.41, 5.74) is -0.537. The molecule has 1 aromatic heterocycles. The van der Waals surface area contributed by atoms with Crippen LogP contribution in [-0.4, -0.2) is 35.0 Å². The molecule has 3 rings (SSSR count). The summed E-state index contributed by atoms with van der Waals surface area (Å²) in [5.74, 6) is -0.641. The van der Waals surface area contributed by atoms with Gasteiger partial charge in [0.15, 0.2) is 0 Å². The van der Waals surface area contributed by atoms with Crippen molar-refractivity contribution < 1.29 is 22.4 Å². The molecule has 1 atom stereocenters. The normalized spacial score (nSPS) is 16.7. The fourth-order valence-corrected chi connectivity index (χ4v) is 3.73. The first-order valence-electron chi connectivity index (χ1n) is 10.7. The molecule has 1 fully saturated rings. The third kappa shape index (κ3) is 6.30. The number of rotatable bonds is 7. The minimum absolute atomic E-state index is 0.00170. The molecule has 1 saturated heterocycles. The van der Waals surface area contributed by atoms with Crippen LogP contribution >= 0.6 is 0 Å². The molecule has 6 nitrogen and oxygen atoms in total. The molecular weight excluding hydrogens is 426 g/mol. The second-order valence-electron chi connectivity index (χ2n) is 7.95. The molecule has 174 valence electrons. The zero-order valence-corrected chi connectivity index (χ0v) is 18.1. The van der Waals surface area contributed by atoms with E-state index in [2.05, 4.69) is 27.5 Å². The SMILES string of the molecule is CCCCc1cc(N2CCCC(NC(C)=O)C2)nc(Nc2ccc(F)c(C(F)(F)F)c2)n1. The fourth-order valence-electron chi connectivity index (χ4n) is 3.73. The van der Waals surface area contributed by atoms with Gasteiger partial charge in [-0.05, 0) is 43.9 Å². The molecule has 10 heteroatoms.